The number of nitrogens with one attached hydrogen (secondary N) is 1. The standard InChI is InChI=1S/C15H12BrF3N2/c1-10(11-6-2-4-8-13(11)16)20-21-14-9-5-3-7-12(14)15(17,18)19/h2-9,21H,1H3/b20-10+. The molecule has 0 aliphatic carbocycles. The summed E-state index contributed by atoms with van der Waals surface area (Å²) in [5.41, 5.74) is 3.07. The molecular formula is C15H12BrF3N2. The minimum atomic E-state index is -4.42. The summed E-state index contributed by atoms with van der Waals surface area (Å²) >= 11 is 3.38. The van der Waals surface area contributed by atoms with E-state index < -0.39 is 11.7 Å². The third-order valence-corrected chi connectivity index (χ3v) is 3.53. The van der Waals surface area contributed by atoms with Gasteiger partial charge in [0.2, 0.25) is 0 Å². The van der Waals surface area contributed by atoms with Gasteiger partial charge in [-0.2, -0.15) is 18.3 Å². The normalized spacial score (nSPS) is 12.3. The van der Waals surface area contributed by atoms with E-state index in [9.17, 15) is 13.2 Å². The van der Waals surface area contributed by atoms with Gasteiger partial charge in [-0.25, -0.2) is 0 Å². The highest BCUT2D eigenvalue weighted by molar-refractivity contribution is 9.10. The van der Waals surface area contributed by atoms with Gasteiger partial charge in [0.1, 0.15) is 0 Å². The van der Waals surface area contributed by atoms with Crippen LogP contribution >= 0.6 is 15.9 Å². The smallest absolute Gasteiger partial charge is 0.278 e. The Bertz CT molecular complexity index is 666. The lowest BCUT2D eigenvalue weighted by Gasteiger charge is -2.12. The first kappa shape index (κ1) is 15.6. The highest BCUT2D eigenvalue weighted by Crippen LogP contribution is 2.34. The molecule has 0 spiro atoms. The van der Waals surface area contributed by atoms with Gasteiger partial charge in [-0.3, -0.25) is 5.43 Å². The molecule has 0 amide bonds. The number of hydrogen-bond acceptors (Lipinski definition) is 2. The molecule has 2 rings (SSSR count). The van der Waals surface area contributed by atoms with Gasteiger partial charge in [0.05, 0.1) is 17.0 Å². The summed E-state index contributed by atoms with van der Waals surface area (Å²) in [4.78, 5) is 0. The Hall–Kier alpha value is -1.82. The second-order valence-corrected chi connectivity index (χ2v) is 5.19. The van der Waals surface area contributed by atoms with Gasteiger partial charge < -0.3 is 0 Å². The highest BCUT2D eigenvalue weighted by Gasteiger charge is 2.33. The number of nitrogens with zero attached hydrogens (tertiary/aromatic N) is 1. The van der Waals surface area contributed by atoms with Crippen LogP contribution in [-0.4, -0.2) is 5.71 Å². The van der Waals surface area contributed by atoms with Crippen LogP contribution in [0.15, 0.2) is 58.1 Å². The number of hydrogen-bond donors (Lipinski definition) is 1. The number of hydrazone groups is 1. The van der Waals surface area contributed by atoms with Crippen LogP contribution < -0.4 is 5.43 Å². The van der Waals surface area contributed by atoms with Gasteiger partial charge in [0, 0.05) is 10.0 Å². The monoisotopic (exact) mass is 356 g/mol. The second kappa shape index (κ2) is 6.30. The summed E-state index contributed by atoms with van der Waals surface area (Å²) in [6, 6.07) is 12.6. The van der Waals surface area contributed by atoms with Crippen molar-refractivity contribution in [2.24, 2.45) is 5.10 Å². The van der Waals surface area contributed by atoms with E-state index in [0.29, 0.717) is 5.71 Å². The van der Waals surface area contributed by atoms with Crippen LogP contribution in [0.4, 0.5) is 18.9 Å². The van der Waals surface area contributed by atoms with Crippen molar-refractivity contribution in [2.45, 2.75) is 13.1 Å². The molecule has 0 fully saturated rings. The number of para-hydroxylation sites is 1. The van der Waals surface area contributed by atoms with E-state index in [1.54, 1.807) is 6.92 Å². The van der Waals surface area contributed by atoms with Crippen molar-refractivity contribution in [2.75, 3.05) is 5.43 Å². The first-order valence-corrected chi connectivity index (χ1v) is 6.90. The molecule has 2 aromatic carbocycles. The summed E-state index contributed by atoms with van der Waals surface area (Å²) in [5.74, 6) is 0. The molecule has 1 N–H and O–H groups in total. The van der Waals surface area contributed by atoms with Crippen molar-refractivity contribution >= 4 is 27.3 Å². The van der Waals surface area contributed by atoms with E-state index in [2.05, 4.69) is 26.5 Å². The minimum Gasteiger partial charge on any atom is -0.278 e. The Morgan fingerprint density at radius 3 is 2.33 bits per heavy atom. The molecule has 2 nitrogen and oxygen atoms in total. The van der Waals surface area contributed by atoms with E-state index in [4.69, 9.17) is 0 Å². The second-order valence-electron chi connectivity index (χ2n) is 4.33. The summed E-state index contributed by atoms with van der Waals surface area (Å²) in [6.45, 7) is 1.73. The lowest BCUT2D eigenvalue weighted by atomic mass is 10.1. The largest absolute Gasteiger partial charge is 0.418 e. The van der Waals surface area contributed by atoms with Gasteiger partial charge in [0.25, 0.3) is 0 Å². The number of alkyl halides is 3. The number of halogens is 4. The Morgan fingerprint density at radius 1 is 1.05 bits per heavy atom. The van der Waals surface area contributed by atoms with Crippen LogP contribution in [0.3, 0.4) is 0 Å². The maximum absolute atomic E-state index is 12.9. The average molecular weight is 357 g/mol. The quantitative estimate of drug-likeness (QED) is 0.585. The Morgan fingerprint density at radius 2 is 1.67 bits per heavy atom. The van der Waals surface area contributed by atoms with E-state index in [1.165, 1.54) is 18.2 Å². The third-order valence-electron chi connectivity index (χ3n) is 2.84. The molecule has 0 unspecified atom stereocenters. The van der Waals surface area contributed by atoms with Crippen LogP contribution in [0.5, 0.6) is 0 Å². The molecule has 0 aromatic heterocycles. The van der Waals surface area contributed by atoms with E-state index in [-0.39, 0.29) is 5.69 Å². The maximum atomic E-state index is 12.9. The predicted molar refractivity (Wildman–Crippen MR) is 81.4 cm³/mol. The molecule has 0 heterocycles. The van der Waals surface area contributed by atoms with Crippen molar-refractivity contribution < 1.29 is 13.2 Å². The van der Waals surface area contributed by atoms with Crippen molar-refractivity contribution in [3.63, 3.8) is 0 Å². The zero-order chi connectivity index (χ0) is 15.5. The Kier molecular flexibility index (Phi) is 4.67. The molecule has 2 aromatic rings. The van der Waals surface area contributed by atoms with Gasteiger partial charge in [0.15, 0.2) is 0 Å². The molecule has 0 radical (unpaired) electrons. The number of benzene rings is 2. The number of rotatable bonds is 3. The van der Waals surface area contributed by atoms with Gasteiger partial charge in [-0.05, 0) is 25.1 Å². The van der Waals surface area contributed by atoms with Crippen LogP contribution in [0.2, 0.25) is 0 Å². The van der Waals surface area contributed by atoms with Crippen molar-refractivity contribution in [3.05, 3.63) is 64.1 Å². The summed E-state index contributed by atoms with van der Waals surface area (Å²) in [7, 11) is 0. The fourth-order valence-electron chi connectivity index (χ4n) is 1.79. The maximum Gasteiger partial charge on any atom is 0.418 e. The molecule has 0 saturated heterocycles. The van der Waals surface area contributed by atoms with Gasteiger partial charge in [-0.15, -0.1) is 0 Å². The van der Waals surface area contributed by atoms with Crippen molar-refractivity contribution in [3.8, 4) is 0 Å². The lowest BCUT2D eigenvalue weighted by molar-refractivity contribution is -0.136. The van der Waals surface area contributed by atoms with Crippen LogP contribution in [-0.2, 0) is 6.18 Å². The molecule has 0 aliphatic heterocycles. The lowest BCUT2D eigenvalue weighted by Crippen LogP contribution is -2.09. The molecular weight excluding hydrogens is 345 g/mol. The van der Waals surface area contributed by atoms with E-state index in [0.717, 1.165) is 16.1 Å². The Labute approximate surface area is 128 Å². The van der Waals surface area contributed by atoms with Gasteiger partial charge in [-0.1, -0.05) is 46.3 Å². The van der Waals surface area contributed by atoms with E-state index in [1.807, 2.05) is 24.3 Å². The fraction of sp³-hybridized carbons (Fsp3) is 0.133. The zero-order valence-corrected chi connectivity index (χ0v) is 12.7. The van der Waals surface area contributed by atoms with Crippen LogP contribution in [0, 0.1) is 0 Å². The SMILES string of the molecule is C/C(=N\Nc1ccccc1C(F)(F)F)c1ccccc1Br. The molecule has 0 bridgehead atoms. The highest BCUT2D eigenvalue weighted by atomic mass is 79.9. The molecule has 6 heteroatoms. The van der Waals surface area contributed by atoms with Gasteiger partial charge >= 0.3 is 6.18 Å². The number of anilines is 1. The average Bonchev–Trinajstić information content (AvgIpc) is 2.44. The van der Waals surface area contributed by atoms with Crippen LogP contribution in [0.1, 0.15) is 18.1 Å². The third kappa shape index (κ3) is 3.85. The first-order valence-electron chi connectivity index (χ1n) is 6.11. The first-order chi connectivity index (χ1) is 9.89. The molecule has 110 valence electrons. The topological polar surface area (TPSA) is 24.4 Å². The predicted octanol–water partition coefficient (Wildman–Crippen LogP) is 5.30. The molecule has 0 aliphatic rings. The minimum absolute atomic E-state index is 0.0728. The molecule has 0 atom stereocenters. The van der Waals surface area contributed by atoms with E-state index >= 15 is 0 Å². The molecule has 21 heavy (non-hydrogen) atoms. The van der Waals surface area contributed by atoms with Crippen LogP contribution in [0.25, 0.3) is 0 Å². The van der Waals surface area contributed by atoms with Crippen molar-refractivity contribution in [1.82, 2.24) is 0 Å². The summed E-state index contributed by atoms with van der Waals surface area (Å²) < 4.78 is 39.4. The van der Waals surface area contributed by atoms with Crippen molar-refractivity contribution in [1.29, 1.82) is 0 Å². The molecule has 0 saturated carbocycles. The summed E-state index contributed by atoms with van der Waals surface area (Å²) in [5, 5.41) is 4.04. The Balaban J connectivity index is 2.28. The fourth-order valence-corrected chi connectivity index (χ4v) is 2.36. The zero-order valence-electron chi connectivity index (χ0n) is 11.1. The summed E-state index contributed by atoms with van der Waals surface area (Å²) in [6.07, 6.45) is -4.42.